The fraction of sp³-hybridized carbons (Fsp3) is 0.400. The Bertz CT molecular complexity index is 1410. The third kappa shape index (κ3) is 6.27. The maximum Gasteiger partial charge on any atom is 0.273 e. The van der Waals surface area contributed by atoms with Gasteiger partial charge in [0.1, 0.15) is 10.7 Å². The Hall–Kier alpha value is -3.41. The fourth-order valence-electron chi connectivity index (χ4n) is 5.45. The van der Waals surface area contributed by atoms with Crippen molar-refractivity contribution in [2.75, 3.05) is 51.8 Å². The fourth-order valence-corrected chi connectivity index (χ4v) is 7.14. The lowest BCUT2D eigenvalue weighted by molar-refractivity contribution is 0.0623. The van der Waals surface area contributed by atoms with Crippen LogP contribution in [0.15, 0.2) is 59.6 Å². The van der Waals surface area contributed by atoms with Crippen molar-refractivity contribution in [1.82, 2.24) is 24.7 Å². The van der Waals surface area contributed by atoms with Crippen molar-refractivity contribution in [2.45, 2.75) is 30.3 Å². The van der Waals surface area contributed by atoms with E-state index in [1.54, 1.807) is 17.5 Å². The smallest absolute Gasteiger partial charge is 0.273 e. The summed E-state index contributed by atoms with van der Waals surface area (Å²) in [7, 11) is 0. The number of hydrogen-bond acceptors (Lipinski definition) is 9. The Balaban J connectivity index is 0.993. The third-order valence-corrected chi connectivity index (χ3v) is 9.72. The number of aromatic nitrogens is 2. The van der Waals surface area contributed by atoms with E-state index < -0.39 is 0 Å². The number of nitrogens with zero attached hydrogens (tertiary/aromatic N) is 5. The standard InChI is InChI=1S/C30H33N5O4S2/c1-2-16-40-28-23(4-3-9-31-28)29(36)34-10-7-22(8-11-34)27-32-24(19-41-27)30(37)35-14-12-33(13-15-35)18-21-5-6-25-26(17-21)39-20-38-25/h2-6,9,17,19,22H,1,7-8,10-16,18,20H2. The molecule has 0 unspecified atom stereocenters. The Morgan fingerprint density at radius 1 is 1.02 bits per heavy atom. The molecule has 2 amide bonds. The molecule has 9 nitrogen and oxygen atoms in total. The first-order chi connectivity index (χ1) is 20.1. The number of carbonyl (C=O) groups is 2. The van der Waals surface area contributed by atoms with Crippen LogP contribution in [0.4, 0.5) is 0 Å². The monoisotopic (exact) mass is 591 g/mol. The van der Waals surface area contributed by atoms with Crippen LogP contribution in [-0.4, -0.2) is 88.3 Å². The Labute approximate surface area is 248 Å². The summed E-state index contributed by atoms with van der Waals surface area (Å²) in [5, 5.41) is 3.63. The first-order valence-corrected chi connectivity index (χ1v) is 15.8. The number of benzene rings is 1. The molecule has 0 spiro atoms. The minimum absolute atomic E-state index is 0.00368. The minimum Gasteiger partial charge on any atom is -0.454 e. The number of pyridine rings is 1. The lowest BCUT2D eigenvalue weighted by Gasteiger charge is -2.34. The molecule has 5 heterocycles. The van der Waals surface area contributed by atoms with Gasteiger partial charge in [0.05, 0.1) is 10.6 Å². The molecule has 2 saturated heterocycles. The van der Waals surface area contributed by atoms with Crippen LogP contribution in [0.25, 0.3) is 0 Å². The van der Waals surface area contributed by atoms with Crippen molar-refractivity contribution in [2.24, 2.45) is 0 Å². The number of hydrogen-bond donors (Lipinski definition) is 0. The number of fused-ring (bicyclic) bond motifs is 1. The SMILES string of the molecule is C=CCSc1ncccc1C(=O)N1CCC(c2nc(C(=O)N3CCN(Cc4ccc5c(c4)OCO5)CC3)cs2)CC1. The van der Waals surface area contributed by atoms with E-state index in [2.05, 4.69) is 22.5 Å². The van der Waals surface area contributed by atoms with Gasteiger partial charge in [0.15, 0.2) is 11.5 Å². The number of ether oxygens (including phenoxy) is 2. The van der Waals surface area contributed by atoms with E-state index in [1.807, 2.05) is 45.5 Å². The molecule has 2 fully saturated rings. The topological polar surface area (TPSA) is 88.1 Å². The van der Waals surface area contributed by atoms with Crippen molar-refractivity contribution in [3.8, 4) is 11.5 Å². The molecule has 1 aromatic carbocycles. The lowest BCUT2D eigenvalue weighted by Crippen LogP contribution is -2.48. The molecule has 6 rings (SSSR count). The number of piperazine rings is 1. The summed E-state index contributed by atoms with van der Waals surface area (Å²) < 4.78 is 10.9. The molecule has 0 N–H and O–H groups in total. The van der Waals surface area contributed by atoms with Crippen LogP contribution >= 0.6 is 23.1 Å². The Morgan fingerprint density at radius 2 is 1.80 bits per heavy atom. The number of amides is 2. The molecule has 0 aliphatic carbocycles. The van der Waals surface area contributed by atoms with Gasteiger partial charge in [-0.1, -0.05) is 12.1 Å². The van der Waals surface area contributed by atoms with Crippen molar-refractivity contribution < 1.29 is 19.1 Å². The number of likely N-dealkylation sites (tertiary alicyclic amines) is 1. The summed E-state index contributed by atoms with van der Waals surface area (Å²) in [6.07, 6.45) is 5.20. The zero-order valence-electron chi connectivity index (χ0n) is 22.9. The summed E-state index contributed by atoms with van der Waals surface area (Å²) in [6, 6.07) is 9.73. The number of carbonyl (C=O) groups excluding carboxylic acids is 2. The predicted molar refractivity (Wildman–Crippen MR) is 159 cm³/mol. The molecule has 3 aliphatic rings. The van der Waals surface area contributed by atoms with Crippen LogP contribution in [0.3, 0.4) is 0 Å². The van der Waals surface area contributed by atoms with Crippen LogP contribution in [0.2, 0.25) is 0 Å². The van der Waals surface area contributed by atoms with Crippen LogP contribution < -0.4 is 9.47 Å². The molecular formula is C30H33N5O4S2. The van der Waals surface area contributed by atoms with Crippen LogP contribution in [0.5, 0.6) is 11.5 Å². The summed E-state index contributed by atoms with van der Waals surface area (Å²) in [6.45, 7) is 9.17. The van der Waals surface area contributed by atoms with Crippen molar-refractivity contribution in [3.05, 3.63) is 76.4 Å². The molecule has 214 valence electrons. The quantitative estimate of drug-likeness (QED) is 0.279. The van der Waals surface area contributed by atoms with E-state index in [-0.39, 0.29) is 24.5 Å². The molecule has 11 heteroatoms. The minimum atomic E-state index is 0.00368. The van der Waals surface area contributed by atoms with Crippen molar-refractivity contribution in [1.29, 1.82) is 0 Å². The van der Waals surface area contributed by atoms with Gasteiger partial charge in [-0.05, 0) is 42.7 Å². The van der Waals surface area contributed by atoms with Crippen LogP contribution in [-0.2, 0) is 6.54 Å². The zero-order chi connectivity index (χ0) is 28.2. The number of piperidine rings is 1. The highest BCUT2D eigenvalue weighted by Crippen LogP contribution is 2.34. The molecule has 0 radical (unpaired) electrons. The molecule has 2 aromatic heterocycles. The number of thioether (sulfide) groups is 1. The summed E-state index contributed by atoms with van der Waals surface area (Å²) in [5.41, 5.74) is 2.36. The normalized spacial score (nSPS) is 17.6. The Morgan fingerprint density at radius 3 is 2.61 bits per heavy atom. The predicted octanol–water partition coefficient (Wildman–Crippen LogP) is 4.52. The first kappa shape index (κ1) is 27.7. The van der Waals surface area contributed by atoms with Gasteiger partial charge in [0, 0.05) is 69.1 Å². The average Bonchev–Trinajstić information content (AvgIpc) is 3.70. The average molecular weight is 592 g/mol. The maximum atomic E-state index is 13.2. The van der Waals surface area contributed by atoms with E-state index in [0.717, 1.165) is 54.0 Å². The molecule has 0 bridgehead atoms. The third-order valence-electron chi connectivity index (χ3n) is 7.71. The first-order valence-electron chi connectivity index (χ1n) is 13.9. The highest BCUT2D eigenvalue weighted by Gasteiger charge is 2.29. The Kier molecular flexibility index (Phi) is 8.54. The molecule has 41 heavy (non-hydrogen) atoms. The van der Waals surface area contributed by atoms with Crippen molar-refractivity contribution >= 4 is 34.9 Å². The summed E-state index contributed by atoms with van der Waals surface area (Å²) >= 11 is 3.09. The van der Waals surface area contributed by atoms with Crippen LogP contribution in [0, 0.1) is 0 Å². The summed E-state index contributed by atoms with van der Waals surface area (Å²) in [5.74, 6) is 2.59. The second kappa shape index (κ2) is 12.6. The summed E-state index contributed by atoms with van der Waals surface area (Å²) in [4.78, 5) is 41.8. The number of thiazole rings is 1. The van der Waals surface area contributed by atoms with Gasteiger partial charge < -0.3 is 19.3 Å². The van der Waals surface area contributed by atoms with E-state index in [9.17, 15) is 9.59 Å². The van der Waals surface area contributed by atoms with E-state index in [0.29, 0.717) is 43.2 Å². The van der Waals surface area contributed by atoms with Gasteiger partial charge in [-0.25, -0.2) is 9.97 Å². The van der Waals surface area contributed by atoms with Gasteiger partial charge in [-0.2, -0.15) is 0 Å². The van der Waals surface area contributed by atoms with E-state index >= 15 is 0 Å². The van der Waals surface area contributed by atoms with Crippen molar-refractivity contribution in [3.63, 3.8) is 0 Å². The van der Waals surface area contributed by atoms with Crippen LogP contribution in [0.1, 0.15) is 50.2 Å². The molecule has 0 saturated carbocycles. The molecule has 3 aromatic rings. The van der Waals surface area contributed by atoms with E-state index in [1.165, 1.54) is 17.3 Å². The van der Waals surface area contributed by atoms with E-state index in [4.69, 9.17) is 14.5 Å². The highest BCUT2D eigenvalue weighted by atomic mass is 32.2. The van der Waals surface area contributed by atoms with Gasteiger partial charge >= 0.3 is 0 Å². The van der Waals surface area contributed by atoms with Gasteiger partial charge in [0.25, 0.3) is 11.8 Å². The number of rotatable bonds is 8. The zero-order valence-corrected chi connectivity index (χ0v) is 24.5. The maximum absolute atomic E-state index is 13.2. The second-order valence-electron chi connectivity index (χ2n) is 10.3. The van der Waals surface area contributed by atoms with Gasteiger partial charge in [-0.3, -0.25) is 14.5 Å². The molecule has 0 atom stereocenters. The lowest BCUT2D eigenvalue weighted by atomic mass is 9.97. The highest BCUT2D eigenvalue weighted by molar-refractivity contribution is 7.99. The largest absolute Gasteiger partial charge is 0.454 e. The second-order valence-corrected chi connectivity index (χ2v) is 12.2. The van der Waals surface area contributed by atoms with Gasteiger partial charge in [0.2, 0.25) is 6.79 Å². The van der Waals surface area contributed by atoms with Gasteiger partial charge in [-0.15, -0.1) is 29.7 Å². The molecular weight excluding hydrogens is 558 g/mol. The molecule has 3 aliphatic heterocycles.